The van der Waals surface area contributed by atoms with Crippen LogP contribution >= 0.6 is 0 Å². The highest BCUT2D eigenvalue weighted by molar-refractivity contribution is 5.79. The minimum Gasteiger partial charge on any atom is -0.300 e. The van der Waals surface area contributed by atoms with Gasteiger partial charge in [-0.2, -0.15) is 0 Å². The van der Waals surface area contributed by atoms with Gasteiger partial charge in [0.25, 0.3) is 0 Å². The predicted molar refractivity (Wildman–Crippen MR) is 67.9 cm³/mol. The van der Waals surface area contributed by atoms with E-state index in [-0.39, 0.29) is 5.54 Å². The highest BCUT2D eigenvalue weighted by Crippen LogP contribution is 2.51. The summed E-state index contributed by atoms with van der Waals surface area (Å²) in [6.07, 6.45) is 4.00. The molecular formula is C15H19NO. The van der Waals surface area contributed by atoms with E-state index in [2.05, 4.69) is 36.1 Å². The van der Waals surface area contributed by atoms with Gasteiger partial charge >= 0.3 is 0 Å². The summed E-state index contributed by atoms with van der Waals surface area (Å²) >= 11 is 0. The molecule has 1 saturated heterocycles. The van der Waals surface area contributed by atoms with Crippen molar-refractivity contribution in [3.63, 3.8) is 0 Å². The van der Waals surface area contributed by atoms with Crippen LogP contribution in [0.2, 0.25) is 0 Å². The zero-order valence-corrected chi connectivity index (χ0v) is 10.4. The van der Waals surface area contributed by atoms with Gasteiger partial charge in [0.05, 0.1) is 0 Å². The molecule has 0 bridgehead atoms. The van der Waals surface area contributed by atoms with Crippen LogP contribution in [-0.2, 0) is 10.3 Å². The van der Waals surface area contributed by atoms with Crippen molar-refractivity contribution >= 4 is 5.78 Å². The molecule has 1 aliphatic heterocycles. The maximum Gasteiger partial charge on any atom is 0.135 e. The highest BCUT2D eigenvalue weighted by Gasteiger charge is 2.49. The van der Waals surface area contributed by atoms with E-state index in [1.807, 2.05) is 0 Å². The van der Waals surface area contributed by atoms with Crippen molar-refractivity contribution in [2.45, 2.75) is 38.1 Å². The van der Waals surface area contributed by atoms with Crippen LogP contribution in [0.4, 0.5) is 0 Å². The molecule has 0 aromatic heterocycles. The second kappa shape index (κ2) is 3.95. The number of hydrogen-bond donors (Lipinski definition) is 0. The van der Waals surface area contributed by atoms with Crippen LogP contribution in [0.3, 0.4) is 0 Å². The van der Waals surface area contributed by atoms with Gasteiger partial charge in [0, 0.05) is 31.5 Å². The molecule has 90 valence electrons. The standard InChI is InChI=1S/C15H19NO/c1-12-2-4-13(5-3-12)15(8-9-15)16-10-6-14(17)7-11-16/h2-5H,6-11H2,1H3. The first-order valence-corrected chi connectivity index (χ1v) is 6.55. The molecule has 0 atom stereocenters. The SMILES string of the molecule is Cc1ccc(C2(N3CCC(=O)CC3)CC2)cc1. The maximum absolute atomic E-state index is 11.3. The molecule has 1 aromatic carbocycles. The molecule has 0 spiro atoms. The van der Waals surface area contributed by atoms with Gasteiger partial charge in [-0.3, -0.25) is 9.69 Å². The van der Waals surface area contributed by atoms with Crippen molar-refractivity contribution in [2.75, 3.05) is 13.1 Å². The molecular weight excluding hydrogens is 210 g/mol. The Morgan fingerprint density at radius 1 is 1.06 bits per heavy atom. The number of benzene rings is 1. The number of ketones is 1. The van der Waals surface area contributed by atoms with E-state index in [0.717, 1.165) is 25.9 Å². The van der Waals surface area contributed by atoms with Gasteiger partial charge in [-0.25, -0.2) is 0 Å². The lowest BCUT2D eigenvalue weighted by Gasteiger charge is -2.34. The number of aryl methyl sites for hydroxylation is 1. The number of piperidine rings is 1. The lowest BCUT2D eigenvalue weighted by atomic mass is 9.98. The summed E-state index contributed by atoms with van der Waals surface area (Å²) in [6.45, 7) is 4.03. The molecule has 2 heteroatoms. The van der Waals surface area contributed by atoms with E-state index in [1.54, 1.807) is 0 Å². The molecule has 17 heavy (non-hydrogen) atoms. The minimum atomic E-state index is 0.272. The Hall–Kier alpha value is -1.15. The van der Waals surface area contributed by atoms with Gasteiger partial charge < -0.3 is 0 Å². The summed E-state index contributed by atoms with van der Waals surface area (Å²) in [4.78, 5) is 13.8. The largest absolute Gasteiger partial charge is 0.300 e. The molecule has 1 heterocycles. The molecule has 1 aliphatic carbocycles. The summed E-state index contributed by atoms with van der Waals surface area (Å²) in [7, 11) is 0. The summed E-state index contributed by atoms with van der Waals surface area (Å²) in [5, 5.41) is 0. The first-order valence-electron chi connectivity index (χ1n) is 6.55. The monoisotopic (exact) mass is 229 g/mol. The average molecular weight is 229 g/mol. The lowest BCUT2D eigenvalue weighted by Crippen LogP contribution is -2.41. The fourth-order valence-electron chi connectivity index (χ4n) is 2.95. The number of likely N-dealkylation sites (tertiary alicyclic amines) is 1. The Morgan fingerprint density at radius 3 is 2.18 bits per heavy atom. The number of nitrogens with zero attached hydrogens (tertiary/aromatic N) is 1. The van der Waals surface area contributed by atoms with Crippen molar-refractivity contribution in [1.82, 2.24) is 4.90 Å². The summed E-state index contributed by atoms with van der Waals surface area (Å²) in [5.41, 5.74) is 3.03. The normalized spacial score (nSPS) is 23.7. The van der Waals surface area contributed by atoms with Crippen LogP contribution in [0.25, 0.3) is 0 Å². The minimum absolute atomic E-state index is 0.272. The second-order valence-electron chi connectivity index (χ2n) is 5.42. The van der Waals surface area contributed by atoms with Gasteiger partial charge in [-0.15, -0.1) is 0 Å². The summed E-state index contributed by atoms with van der Waals surface area (Å²) < 4.78 is 0. The van der Waals surface area contributed by atoms with Crippen molar-refractivity contribution in [3.8, 4) is 0 Å². The summed E-state index contributed by atoms with van der Waals surface area (Å²) in [6, 6.07) is 8.92. The fraction of sp³-hybridized carbons (Fsp3) is 0.533. The Bertz CT molecular complexity index is 421. The van der Waals surface area contributed by atoms with E-state index in [4.69, 9.17) is 0 Å². The van der Waals surface area contributed by atoms with E-state index in [0.29, 0.717) is 5.78 Å². The van der Waals surface area contributed by atoms with E-state index in [9.17, 15) is 4.79 Å². The first kappa shape index (κ1) is 11.0. The number of hydrogen-bond acceptors (Lipinski definition) is 2. The third-order valence-electron chi connectivity index (χ3n) is 4.24. The van der Waals surface area contributed by atoms with Gasteiger partial charge in [-0.1, -0.05) is 29.8 Å². The molecule has 2 fully saturated rings. The lowest BCUT2D eigenvalue weighted by molar-refractivity contribution is -0.122. The van der Waals surface area contributed by atoms with Crippen LogP contribution in [0, 0.1) is 6.92 Å². The van der Waals surface area contributed by atoms with E-state index in [1.165, 1.54) is 24.0 Å². The molecule has 2 nitrogen and oxygen atoms in total. The Kier molecular flexibility index (Phi) is 2.55. The van der Waals surface area contributed by atoms with Gasteiger partial charge in [-0.05, 0) is 25.3 Å². The number of carbonyl (C=O) groups excluding carboxylic acids is 1. The van der Waals surface area contributed by atoms with Crippen molar-refractivity contribution in [3.05, 3.63) is 35.4 Å². The topological polar surface area (TPSA) is 20.3 Å². The zero-order chi connectivity index (χ0) is 11.9. The third kappa shape index (κ3) is 1.91. The average Bonchev–Trinajstić information content (AvgIpc) is 3.12. The van der Waals surface area contributed by atoms with Crippen molar-refractivity contribution in [2.24, 2.45) is 0 Å². The fourth-order valence-corrected chi connectivity index (χ4v) is 2.95. The molecule has 1 aromatic rings. The number of carbonyl (C=O) groups is 1. The van der Waals surface area contributed by atoms with Crippen molar-refractivity contribution in [1.29, 1.82) is 0 Å². The third-order valence-corrected chi connectivity index (χ3v) is 4.24. The Balaban J connectivity index is 1.81. The zero-order valence-electron chi connectivity index (χ0n) is 10.4. The smallest absolute Gasteiger partial charge is 0.135 e. The highest BCUT2D eigenvalue weighted by atomic mass is 16.1. The van der Waals surface area contributed by atoms with Crippen LogP contribution in [0.1, 0.15) is 36.8 Å². The van der Waals surface area contributed by atoms with Crippen molar-refractivity contribution < 1.29 is 4.79 Å². The second-order valence-corrected chi connectivity index (χ2v) is 5.42. The van der Waals surface area contributed by atoms with E-state index >= 15 is 0 Å². The number of rotatable bonds is 2. The Labute approximate surface area is 103 Å². The molecule has 0 N–H and O–H groups in total. The van der Waals surface area contributed by atoms with Crippen LogP contribution < -0.4 is 0 Å². The van der Waals surface area contributed by atoms with Crippen LogP contribution in [0.5, 0.6) is 0 Å². The number of Topliss-reactive ketones (excluding diaryl/α,β-unsaturated/α-hetero) is 1. The van der Waals surface area contributed by atoms with E-state index < -0.39 is 0 Å². The maximum atomic E-state index is 11.3. The molecule has 1 saturated carbocycles. The predicted octanol–water partition coefficient (Wildman–Crippen LogP) is 2.65. The van der Waals surface area contributed by atoms with Crippen LogP contribution in [0.15, 0.2) is 24.3 Å². The summed E-state index contributed by atoms with van der Waals surface area (Å²) in [5.74, 6) is 0.431. The van der Waals surface area contributed by atoms with Crippen LogP contribution in [-0.4, -0.2) is 23.8 Å². The quantitative estimate of drug-likeness (QED) is 0.777. The van der Waals surface area contributed by atoms with Gasteiger partial charge in [0.1, 0.15) is 5.78 Å². The van der Waals surface area contributed by atoms with Gasteiger partial charge in [0.15, 0.2) is 0 Å². The molecule has 3 rings (SSSR count). The molecule has 2 aliphatic rings. The van der Waals surface area contributed by atoms with Gasteiger partial charge in [0.2, 0.25) is 0 Å². The molecule has 0 amide bonds. The Morgan fingerprint density at radius 2 is 1.65 bits per heavy atom. The molecule has 0 unspecified atom stereocenters. The first-order chi connectivity index (χ1) is 8.21. The molecule has 0 radical (unpaired) electrons.